The van der Waals surface area contributed by atoms with Crippen LogP contribution < -0.4 is 5.32 Å². The molecule has 1 atom stereocenters. The van der Waals surface area contributed by atoms with Gasteiger partial charge in [-0.3, -0.25) is 0 Å². The summed E-state index contributed by atoms with van der Waals surface area (Å²) in [5.74, 6) is 0. The van der Waals surface area contributed by atoms with Gasteiger partial charge in [-0.1, -0.05) is 13.0 Å². The fraction of sp³-hybridized carbons (Fsp3) is 0.417. The maximum absolute atomic E-state index is 4.35. The van der Waals surface area contributed by atoms with Gasteiger partial charge in [0.25, 0.3) is 0 Å². The third kappa shape index (κ3) is 3.40. The van der Waals surface area contributed by atoms with E-state index in [1.54, 1.807) is 11.3 Å². The van der Waals surface area contributed by atoms with Gasteiger partial charge in [0, 0.05) is 28.9 Å². The third-order valence-electron chi connectivity index (χ3n) is 2.42. The average Bonchev–Trinajstić information content (AvgIpc) is 2.91. The highest BCUT2D eigenvalue weighted by Gasteiger charge is 2.11. The van der Waals surface area contributed by atoms with Gasteiger partial charge in [-0.2, -0.15) is 0 Å². The minimum Gasteiger partial charge on any atom is -0.313 e. The molecule has 2 aromatic rings. The van der Waals surface area contributed by atoms with Crippen molar-refractivity contribution in [2.45, 2.75) is 25.8 Å². The molecule has 0 aliphatic rings. The largest absolute Gasteiger partial charge is 0.313 e. The summed E-state index contributed by atoms with van der Waals surface area (Å²) in [5, 5.41) is 8.94. The Morgan fingerprint density at radius 1 is 1.31 bits per heavy atom. The van der Waals surface area contributed by atoms with Crippen LogP contribution in [0.1, 0.15) is 16.8 Å². The van der Waals surface area contributed by atoms with Crippen LogP contribution in [0, 0.1) is 0 Å². The zero-order valence-electron chi connectivity index (χ0n) is 9.35. The molecular weight excluding hydrogens is 236 g/mol. The van der Waals surface area contributed by atoms with E-state index in [0.29, 0.717) is 6.04 Å². The van der Waals surface area contributed by atoms with Crippen molar-refractivity contribution in [3.8, 4) is 0 Å². The zero-order valence-corrected chi connectivity index (χ0v) is 11.0. The predicted octanol–water partition coefficient (Wildman–Crippen LogP) is 2.97. The number of rotatable bonds is 6. The summed E-state index contributed by atoms with van der Waals surface area (Å²) in [6.07, 6.45) is 4.02. The normalized spacial score (nSPS) is 12.8. The first-order valence-corrected chi connectivity index (χ1v) is 7.28. The smallest absolute Gasteiger partial charge is 0.0940 e. The molecule has 86 valence electrons. The summed E-state index contributed by atoms with van der Waals surface area (Å²) in [6.45, 7) is 3.17. The molecule has 0 aromatic carbocycles. The first-order valence-electron chi connectivity index (χ1n) is 5.52. The van der Waals surface area contributed by atoms with E-state index < -0.39 is 0 Å². The van der Waals surface area contributed by atoms with Crippen LogP contribution in [-0.4, -0.2) is 17.6 Å². The van der Waals surface area contributed by atoms with Gasteiger partial charge in [0.15, 0.2) is 0 Å². The molecule has 1 unspecified atom stereocenters. The van der Waals surface area contributed by atoms with Gasteiger partial charge < -0.3 is 5.32 Å². The van der Waals surface area contributed by atoms with Crippen LogP contribution >= 0.6 is 22.7 Å². The summed E-state index contributed by atoms with van der Waals surface area (Å²) in [6, 6.07) is 4.83. The lowest BCUT2D eigenvalue weighted by atomic mass is 10.1. The Bertz CT molecular complexity index is 345. The van der Waals surface area contributed by atoms with E-state index in [2.05, 4.69) is 34.7 Å². The number of thiazole rings is 1. The lowest BCUT2D eigenvalue weighted by Gasteiger charge is -2.15. The SMILES string of the molecule is CCNC(Cc1cccs1)Cc1nccs1. The molecule has 0 saturated carbocycles. The Morgan fingerprint density at radius 2 is 2.25 bits per heavy atom. The average molecular weight is 252 g/mol. The Balaban J connectivity index is 1.94. The van der Waals surface area contributed by atoms with Crippen molar-refractivity contribution in [1.29, 1.82) is 0 Å². The van der Waals surface area contributed by atoms with Crippen LogP contribution in [0.25, 0.3) is 0 Å². The molecule has 2 heterocycles. The van der Waals surface area contributed by atoms with Crippen molar-refractivity contribution in [2.75, 3.05) is 6.54 Å². The summed E-state index contributed by atoms with van der Waals surface area (Å²) < 4.78 is 0. The minimum atomic E-state index is 0.509. The second-order valence-corrected chi connectivity index (χ2v) is 5.68. The summed E-state index contributed by atoms with van der Waals surface area (Å²) in [4.78, 5) is 5.80. The van der Waals surface area contributed by atoms with E-state index in [1.807, 2.05) is 22.9 Å². The molecule has 2 rings (SSSR count). The second-order valence-electron chi connectivity index (χ2n) is 3.67. The maximum atomic E-state index is 4.35. The highest BCUT2D eigenvalue weighted by atomic mass is 32.1. The second kappa shape index (κ2) is 6.13. The van der Waals surface area contributed by atoms with Crippen LogP contribution in [0.3, 0.4) is 0 Å². The van der Waals surface area contributed by atoms with E-state index in [4.69, 9.17) is 0 Å². The van der Waals surface area contributed by atoms with Gasteiger partial charge >= 0.3 is 0 Å². The van der Waals surface area contributed by atoms with Gasteiger partial charge in [-0.15, -0.1) is 22.7 Å². The highest BCUT2D eigenvalue weighted by Crippen LogP contribution is 2.14. The molecule has 2 aromatic heterocycles. The third-order valence-corrected chi connectivity index (χ3v) is 4.13. The van der Waals surface area contributed by atoms with Gasteiger partial charge in [0.1, 0.15) is 0 Å². The van der Waals surface area contributed by atoms with Crippen LogP contribution in [0.5, 0.6) is 0 Å². The molecule has 16 heavy (non-hydrogen) atoms. The molecule has 0 saturated heterocycles. The van der Waals surface area contributed by atoms with Gasteiger partial charge in [0.05, 0.1) is 5.01 Å². The number of likely N-dealkylation sites (N-methyl/N-ethyl adjacent to an activating group) is 1. The first kappa shape index (κ1) is 11.8. The molecule has 0 aliphatic carbocycles. The number of hydrogen-bond donors (Lipinski definition) is 1. The monoisotopic (exact) mass is 252 g/mol. The minimum absolute atomic E-state index is 0.509. The molecule has 0 bridgehead atoms. The molecule has 1 N–H and O–H groups in total. The molecule has 2 nitrogen and oxygen atoms in total. The van der Waals surface area contributed by atoms with Crippen molar-refractivity contribution in [1.82, 2.24) is 10.3 Å². The van der Waals surface area contributed by atoms with E-state index in [0.717, 1.165) is 19.4 Å². The topological polar surface area (TPSA) is 24.9 Å². The fourth-order valence-electron chi connectivity index (χ4n) is 1.74. The number of aromatic nitrogens is 1. The van der Waals surface area contributed by atoms with E-state index in [-0.39, 0.29) is 0 Å². The summed E-state index contributed by atoms with van der Waals surface area (Å²) >= 11 is 3.57. The molecular formula is C12H16N2S2. The van der Waals surface area contributed by atoms with Crippen LogP contribution in [0.15, 0.2) is 29.1 Å². The zero-order chi connectivity index (χ0) is 11.2. The number of nitrogens with zero attached hydrogens (tertiary/aromatic N) is 1. The van der Waals surface area contributed by atoms with Crippen LogP contribution in [0.2, 0.25) is 0 Å². The number of thiophene rings is 1. The Labute approximate surface area is 104 Å². The standard InChI is InChI=1S/C12H16N2S2/c1-2-13-10(8-11-4-3-6-15-11)9-12-14-5-7-16-12/h3-7,10,13H,2,8-9H2,1H3. The van der Waals surface area contributed by atoms with Crippen molar-refractivity contribution in [2.24, 2.45) is 0 Å². The highest BCUT2D eigenvalue weighted by molar-refractivity contribution is 7.10. The van der Waals surface area contributed by atoms with Crippen molar-refractivity contribution in [3.05, 3.63) is 39.0 Å². The lowest BCUT2D eigenvalue weighted by Crippen LogP contribution is -2.32. The number of hydrogen-bond acceptors (Lipinski definition) is 4. The van der Waals surface area contributed by atoms with E-state index in [1.165, 1.54) is 9.88 Å². The van der Waals surface area contributed by atoms with Crippen molar-refractivity contribution >= 4 is 22.7 Å². The van der Waals surface area contributed by atoms with Gasteiger partial charge in [-0.25, -0.2) is 4.98 Å². The van der Waals surface area contributed by atoms with E-state index >= 15 is 0 Å². The predicted molar refractivity (Wildman–Crippen MR) is 71.3 cm³/mol. The van der Waals surface area contributed by atoms with Crippen LogP contribution in [0.4, 0.5) is 0 Å². The van der Waals surface area contributed by atoms with E-state index in [9.17, 15) is 0 Å². The Hall–Kier alpha value is -0.710. The maximum Gasteiger partial charge on any atom is 0.0940 e. The lowest BCUT2D eigenvalue weighted by molar-refractivity contribution is 0.523. The number of nitrogens with one attached hydrogen (secondary N) is 1. The Morgan fingerprint density at radius 3 is 2.88 bits per heavy atom. The van der Waals surface area contributed by atoms with Crippen molar-refractivity contribution < 1.29 is 0 Å². The molecule has 0 radical (unpaired) electrons. The first-order chi connectivity index (χ1) is 7.88. The quantitative estimate of drug-likeness (QED) is 0.855. The molecule has 0 aliphatic heterocycles. The van der Waals surface area contributed by atoms with Gasteiger partial charge in [-0.05, 0) is 24.4 Å². The summed E-state index contributed by atoms with van der Waals surface area (Å²) in [5.41, 5.74) is 0. The fourth-order valence-corrected chi connectivity index (χ4v) is 3.23. The molecule has 4 heteroatoms. The van der Waals surface area contributed by atoms with Crippen LogP contribution in [-0.2, 0) is 12.8 Å². The van der Waals surface area contributed by atoms with Crippen molar-refractivity contribution in [3.63, 3.8) is 0 Å². The molecule has 0 fully saturated rings. The summed E-state index contributed by atoms with van der Waals surface area (Å²) in [7, 11) is 0. The Kier molecular flexibility index (Phi) is 4.51. The molecule has 0 amide bonds. The van der Waals surface area contributed by atoms with Gasteiger partial charge in [0.2, 0.25) is 0 Å². The molecule has 0 spiro atoms.